The molecule has 20 heavy (non-hydrogen) atoms. The number of carbonyl (C=O) groups is 1. The average molecular weight is 291 g/mol. The molecule has 0 aromatic carbocycles. The number of thiophene rings is 1. The Hall–Kier alpha value is -2.53. The van der Waals surface area contributed by atoms with E-state index in [1.807, 2.05) is 13.0 Å². The van der Waals surface area contributed by atoms with Crippen LogP contribution in [0.15, 0.2) is 12.4 Å². The van der Waals surface area contributed by atoms with Crippen molar-refractivity contribution >= 4 is 28.0 Å². The fourth-order valence-electron chi connectivity index (χ4n) is 1.71. The number of aromatic nitrogens is 2. The van der Waals surface area contributed by atoms with Gasteiger partial charge < -0.3 is 15.8 Å². The summed E-state index contributed by atoms with van der Waals surface area (Å²) in [4.78, 5) is 12.1. The third kappa shape index (κ3) is 2.44. The van der Waals surface area contributed by atoms with Gasteiger partial charge >= 0.3 is 5.97 Å². The Balaban J connectivity index is 2.36. The Morgan fingerprint density at radius 2 is 2.45 bits per heavy atom. The molecule has 2 rings (SSSR count). The van der Waals surface area contributed by atoms with Crippen LogP contribution < -0.4 is 11.1 Å². The Morgan fingerprint density at radius 3 is 3.00 bits per heavy atom. The second kappa shape index (κ2) is 5.63. The van der Waals surface area contributed by atoms with E-state index in [2.05, 4.69) is 15.5 Å². The van der Waals surface area contributed by atoms with E-state index in [4.69, 9.17) is 15.7 Å². The van der Waals surface area contributed by atoms with Crippen LogP contribution in [0.2, 0.25) is 0 Å². The van der Waals surface area contributed by atoms with Crippen LogP contribution in [0.4, 0.5) is 10.7 Å². The molecule has 0 bridgehead atoms. The summed E-state index contributed by atoms with van der Waals surface area (Å²) in [6.07, 6.45) is 3.43. The van der Waals surface area contributed by atoms with Crippen molar-refractivity contribution < 1.29 is 9.53 Å². The molecule has 1 atom stereocenters. The molecule has 7 nitrogen and oxygen atoms in total. The lowest BCUT2D eigenvalue weighted by atomic mass is 10.2. The lowest BCUT2D eigenvalue weighted by Gasteiger charge is -2.13. The van der Waals surface area contributed by atoms with Crippen molar-refractivity contribution in [1.82, 2.24) is 10.2 Å². The van der Waals surface area contributed by atoms with Crippen molar-refractivity contribution in [1.29, 1.82) is 5.26 Å². The first-order valence-electron chi connectivity index (χ1n) is 5.74. The molecule has 0 aliphatic rings. The number of nitrogens with two attached hydrogens (primary N) is 1. The van der Waals surface area contributed by atoms with Gasteiger partial charge in [-0.1, -0.05) is 0 Å². The smallest absolute Gasteiger partial charge is 0.343 e. The second-order valence-electron chi connectivity index (χ2n) is 4.05. The predicted octanol–water partition coefficient (Wildman–Crippen LogP) is 1.88. The van der Waals surface area contributed by atoms with E-state index in [9.17, 15) is 4.79 Å². The minimum Gasteiger partial charge on any atom is -0.465 e. The van der Waals surface area contributed by atoms with E-state index < -0.39 is 5.97 Å². The second-order valence-corrected chi connectivity index (χ2v) is 5.07. The molecule has 4 N–H and O–H groups in total. The van der Waals surface area contributed by atoms with E-state index in [1.54, 1.807) is 12.4 Å². The number of esters is 1. The van der Waals surface area contributed by atoms with Crippen molar-refractivity contribution in [3.05, 3.63) is 28.4 Å². The SMILES string of the molecule is COC(=O)c1c(NC(C)c2cn[nH]c2)sc(C#N)c1N. The highest BCUT2D eigenvalue weighted by molar-refractivity contribution is 7.17. The summed E-state index contributed by atoms with van der Waals surface area (Å²) in [5.41, 5.74) is 7.08. The first kappa shape index (κ1) is 13.9. The van der Waals surface area contributed by atoms with E-state index in [0.29, 0.717) is 5.00 Å². The number of anilines is 2. The number of ether oxygens (including phenoxy) is 1. The normalized spacial score (nSPS) is 11.7. The number of nitrogens with one attached hydrogen (secondary N) is 2. The van der Waals surface area contributed by atoms with Gasteiger partial charge in [-0.05, 0) is 6.92 Å². The van der Waals surface area contributed by atoms with Gasteiger partial charge in [0.2, 0.25) is 0 Å². The Morgan fingerprint density at radius 1 is 1.70 bits per heavy atom. The quantitative estimate of drug-likeness (QED) is 0.740. The molecule has 104 valence electrons. The Labute approximate surface area is 119 Å². The van der Waals surface area contributed by atoms with Crippen molar-refractivity contribution in [2.24, 2.45) is 0 Å². The predicted molar refractivity (Wildman–Crippen MR) is 75.4 cm³/mol. The lowest BCUT2D eigenvalue weighted by Crippen LogP contribution is -2.10. The molecular weight excluding hydrogens is 278 g/mol. The Bertz CT molecular complexity index is 656. The van der Waals surface area contributed by atoms with Gasteiger partial charge in [-0.2, -0.15) is 10.4 Å². The highest BCUT2D eigenvalue weighted by Crippen LogP contribution is 2.37. The molecule has 0 saturated carbocycles. The van der Waals surface area contributed by atoms with Crippen molar-refractivity contribution in [2.75, 3.05) is 18.2 Å². The van der Waals surface area contributed by atoms with E-state index >= 15 is 0 Å². The fraction of sp³-hybridized carbons (Fsp3) is 0.250. The monoisotopic (exact) mass is 291 g/mol. The molecule has 1 unspecified atom stereocenters. The molecule has 0 aliphatic carbocycles. The first-order chi connectivity index (χ1) is 9.58. The van der Waals surface area contributed by atoms with Crippen molar-refractivity contribution in [2.45, 2.75) is 13.0 Å². The molecule has 2 aromatic rings. The van der Waals surface area contributed by atoms with Gasteiger partial charge in [0.25, 0.3) is 0 Å². The topological polar surface area (TPSA) is 117 Å². The van der Waals surface area contributed by atoms with Crippen molar-refractivity contribution in [3.63, 3.8) is 0 Å². The summed E-state index contributed by atoms with van der Waals surface area (Å²) < 4.78 is 4.71. The number of nitrogen functional groups attached to an aromatic ring is 1. The first-order valence-corrected chi connectivity index (χ1v) is 6.56. The molecule has 8 heteroatoms. The lowest BCUT2D eigenvalue weighted by molar-refractivity contribution is 0.0603. The molecule has 2 heterocycles. The highest BCUT2D eigenvalue weighted by atomic mass is 32.1. The number of rotatable bonds is 4. The van der Waals surface area contributed by atoms with Crippen molar-refractivity contribution in [3.8, 4) is 6.07 Å². The molecule has 2 aromatic heterocycles. The average Bonchev–Trinajstić information content (AvgIpc) is 3.06. The maximum atomic E-state index is 11.8. The van der Waals surface area contributed by atoms with E-state index in [-0.39, 0.29) is 22.2 Å². The van der Waals surface area contributed by atoms with E-state index in [1.165, 1.54) is 7.11 Å². The standard InChI is InChI=1S/C12H13N5O2S/c1-6(7-4-15-16-5-7)17-11-9(12(18)19-2)10(14)8(3-13)20-11/h4-6,17H,14H2,1-2H3,(H,15,16). The fourth-order valence-corrected chi connectivity index (χ4v) is 2.70. The molecule has 0 radical (unpaired) electrons. The minimum atomic E-state index is -0.567. The third-order valence-corrected chi connectivity index (χ3v) is 3.84. The summed E-state index contributed by atoms with van der Waals surface area (Å²) >= 11 is 1.13. The van der Waals surface area contributed by atoms with Crippen LogP contribution in [0.3, 0.4) is 0 Å². The van der Waals surface area contributed by atoms with Gasteiger partial charge in [0.1, 0.15) is 21.5 Å². The number of methoxy groups -OCH3 is 1. The molecule has 0 aliphatic heterocycles. The maximum Gasteiger partial charge on any atom is 0.343 e. The van der Waals surface area contributed by atoms with Gasteiger partial charge in [0, 0.05) is 11.8 Å². The zero-order valence-corrected chi connectivity index (χ0v) is 11.7. The number of H-pyrrole nitrogens is 1. The van der Waals surface area contributed by atoms with E-state index in [0.717, 1.165) is 16.9 Å². The summed E-state index contributed by atoms with van der Waals surface area (Å²) in [7, 11) is 1.27. The van der Waals surface area contributed by atoms with Gasteiger partial charge in [-0.25, -0.2) is 4.79 Å². The zero-order valence-electron chi connectivity index (χ0n) is 10.9. The summed E-state index contributed by atoms with van der Waals surface area (Å²) in [6, 6.07) is 1.87. The van der Waals surface area contributed by atoms with Crippen LogP contribution in [-0.2, 0) is 4.74 Å². The molecule has 0 spiro atoms. The maximum absolute atomic E-state index is 11.8. The highest BCUT2D eigenvalue weighted by Gasteiger charge is 2.24. The van der Waals surface area contributed by atoms with Gasteiger partial charge in [0.15, 0.2) is 0 Å². The molecule has 0 saturated heterocycles. The van der Waals surface area contributed by atoms with Crippen LogP contribution >= 0.6 is 11.3 Å². The number of hydrogen-bond acceptors (Lipinski definition) is 7. The summed E-state index contributed by atoms with van der Waals surface area (Å²) in [5.74, 6) is -0.567. The van der Waals surface area contributed by atoms with Gasteiger partial charge in [-0.3, -0.25) is 5.10 Å². The van der Waals surface area contributed by atoms with Crippen LogP contribution in [0.1, 0.15) is 33.8 Å². The molecule has 0 amide bonds. The number of carbonyl (C=O) groups excluding carboxylic acids is 1. The van der Waals surface area contributed by atoms with Crippen LogP contribution in [-0.4, -0.2) is 23.3 Å². The largest absolute Gasteiger partial charge is 0.465 e. The van der Waals surface area contributed by atoms with Crippen LogP contribution in [0.25, 0.3) is 0 Å². The molecular formula is C12H13N5O2S. The number of nitriles is 1. The van der Waals surface area contributed by atoms with Crippen LogP contribution in [0, 0.1) is 11.3 Å². The Kier molecular flexibility index (Phi) is 3.91. The summed E-state index contributed by atoms with van der Waals surface area (Å²) in [6.45, 7) is 1.91. The minimum absolute atomic E-state index is 0.0956. The van der Waals surface area contributed by atoms with Gasteiger partial charge in [-0.15, -0.1) is 11.3 Å². The molecule has 0 fully saturated rings. The third-order valence-electron chi connectivity index (χ3n) is 2.80. The summed E-state index contributed by atoms with van der Waals surface area (Å²) in [5, 5.41) is 19.3. The zero-order chi connectivity index (χ0) is 14.7. The van der Waals surface area contributed by atoms with Gasteiger partial charge in [0.05, 0.1) is 25.0 Å². The van der Waals surface area contributed by atoms with Crippen LogP contribution in [0.5, 0.6) is 0 Å². The number of nitrogens with zero attached hydrogens (tertiary/aromatic N) is 2. The number of hydrogen-bond donors (Lipinski definition) is 3. The number of aromatic amines is 1.